The number of urea groups is 1. The van der Waals surface area contributed by atoms with Crippen LogP contribution in [0.2, 0.25) is 0 Å². The smallest absolute Gasteiger partial charge is 0.319 e. The van der Waals surface area contributed by atoms with Crippen molar-refractivity contribution < 1.29 is 13.9 Å². The van der Waals surface area contributed by atoms with Gasteiger partial charge in [-0.3, -0.25) is 0 Å². The van der Waals surface area contributed by atoms with Gasteiger partial charge in [0.25, 0.3) is 0 Å². The molecule has 1 atom stereocenters. The summed E-state index contributed by atoms with van der Waals surface area (Å²) in [6.45, 7) is 2.24. The fraction of sp³-hybridized carbons (Fsp3) is 0.364. The van der Waals surface area contributed by atoms with Crippen LogP contribution < -0.4 is 10.6 Å². The predicted octanol–water partition coefficient (Wildman–Crippen LogP) is 1.98. The monoisotopic (exact) mass is 226 g/mol. The second kappa shape index (κ2) is 6.07. The highest BCUT2D eigenvalue weighted by atomic mass is 19.1. The van der Waals surface area contributed by atoms with E-state index in [1.165, 1.54) is 18.2 Å². The first-order valence-corrected chi connectivity index (χ1v) is 4.94. The highest BCUT2D eigenvalue weighted by Crippen LogP contribution is 2.08. The van der Waals surface area contributed by atoms with Gasteiger partial charge in [0.2, 0.25) is 0 Å². The van der Waals surface area contributed by atoms with E-state index in [0.29, 0.717) is 12.3 Å². The molecule has 5 heteroatoms. The van der Waals surface area contributed by atoms with E-state index < -0.39 is 0 Å². The molecule has 0 fully saturated rings. The molecule has 0 spiro atoms. The third kappa shape index (κ3) is 4.27. The van der Waals surface area contributed by atoms with Gasteiger partial charge >= 0.3 is 6.03 Å². The van der Waals surface area contributed by atoms with E-state index in [0.717, 1.165) is 0 Å². The third-order valence-corrected chi connectivity index (χ3v) is 1.88. The highest BCUT2D eigenvalue weighted by molar-refractivity contribution is 5.89. The van der Waals surface area contributed by atoms with E-state index >= 15 is 0 Å². The molecule has 4 nitrogen and oxygen atoms in total. The maximum Gasteiger partial charge on any atom is 0.319 e. The van der Waals surface area contributed by atoms with Gasteiger partial charge in [0.05, 0.1) is 12.6 Å². The molecule has 2 amide bonds. The molecule has 0 saturated carbocycles. The molecule has 2 N–H and O–H groups in total. The van der Waals surface area contributed by atoms with Crippen LogP contribution in [0, 0.1) is 5.82 Å². The van der Waals surface area contributed by atoms with Gasteiger partial charge in [0.1, 0.15) is 5.82 Å². The number of benzene rings is 1. The number of anilines is 1. The molecule has 0 bridgehead atoms. The van der Waals surface area contributed by atoms with E-state index in [-0.39, 0.29) is 17.9 Å². The zero-order chi connectivity index (χ0) is 12.0. The van der Waals surface area contributed by atoms with Crippen molar-refractivity contribution in [3.63, 3.8) is 0 Å². The maximum atomic E-state index is 12.8. The summed E-state index contributed by atoms with van der Waals surface area (Å²) in [7, 11) is 1.56. The van der Waals surface area contributed by atoms with Crippen LogP contribution in [0.4, 0.5) is 14.9 Å². The van der Waals surface area contributed by atoms with E-state index in [2.05, 4.69) is 10.6 Å². The Bertz CT molecular complexity index is 358. The van der Waals surface area contributed by atoms with Gasteiger partial charge in [-0.25, -0.2) is 9.18 Å². The average Bonchev–Trinajstić information content (AvgIpc) is 2.17. The Morgan fingerprint density at radius 3 is 2.94 bits per heavy atom. The normalized spacial score (nSPS) is 11.9. The third-order valence-electron chi connectivity index (χ3n) is 1.88. The summed E-state index contributed by atoms with van der Waals surface area (Å²) in [5.41, 5.74) is 0.419. The Morgan fingerprint density at radius 1 is 1.56 bits per heavy atom. The Labute approximate surface area is 93.8 Å². The minimum atomic E-state index is -0.386. The number of ether oxygens (including phenoxy) is 1. The minimum Gasteiger partial charge on any atom is -0.383 e. The summed E-state index contributed by atoms with van der Waals surface area (Å²) >= 11 is 0. The molecular formula is C11H15FN2O2. The van der Waals surface area contributed by atoms with Crippen LogP contribution in [0.25, 0.3) is 0 Å². The van der Waals surface area contributed by atoms with Crippen LogP contribution >= 0.6 is 0 Å². The summed E-state index contributed by atoms with van der Waals surface area (Å²) in [5, 5.41) is 5.18. The van der Waals surface area contributed by atoms with Crippen LogP contribution in [0.1, 0.15) is 6.92 Å². The zero-order valence-electron chi connectivity index (χ0n) is 9.29. The first kappa shape index (κ1) is 12.4. The Kier molecular flexibility index (Phi) is 4.72. The lowest BCUT2D eigenvalue weighted by Gasteiger charge is -2.13. The molecule has 0 aliphatic rings. The van der Waals surface area contributed by atoms with Crippen LogP contribution in [0.5, 0.6) is 0 Å². The number of hydrogen-bond acceptors (Lipinski definition) is 2. The molecule has 0 saturated heterocycles. The second-order valence-electron chi connectivity index (χ2n) is 3.47. The van der Waals surface area contributed by atoms with Crippen molar-refractivity contribution in [2.75, 3.05) is 19.0 Å². The number of rotatable bonds is 4. The van der Waals surface area contributed by atoms with E-state index in [1.807, 2.05) is 6.92 Å². The molecule has 0 aromatic heterocycles. The predicted molar refractivity (Wildman–Crippen MR) is 59.9 cm³/mol. The molecule has 88 valence electrons. The fourth-order valence-electron chi connectivity index (χ4n) is 1.25. The molecular weight excluding hydrogens is 211 g/mol. The summed E-state index contributed by atoms with van der Waals surface area (Å²) in [6, 6.07) is 5.23. The van der Waals surface area contributed by atoms with Gasteiger partial charge in [-0.15, -0.1) is 0 Å². The van der Waals surface area contributed by atoms with Gasteiger partial charge in [-0.2, -0.15) is 0 Å². The lowest BCUT2D eigenvalue weighted by Crippen LogP contribution is -2.38. The van der Waals surface area contributed by atoms with E-state index in [4.69, 9.17) is 4.74 Å². The Hall–Kier alpha value is -1.62. The largest absolute Gasteiger partial charge is 0.383 e. The van der Waals surface area contributed by atoms with Crippen LogP contribution in [0.15, 0.2) is 24.3 Å². The van der Waals surface area contributed by atoms with Crippen molar-refractivity contribution in [1.29, 1.82) is 0 Å². The lowest BCUT2D eigenvalue weighted by molar-refractivity contribution is 0.173. The number of carbonyl (C=O) groups is 1. The van der Waals surface area contributed by atoms with E-state index in [1.54, 1.807) is 13.2 Å². The van der Waals surface area contributed by atoms with E-state index in [9.17, 15) is 9.18 Å². The number of methoxy groups -OCH3 is 1. The lowest BCUT2D eigenvalue weighted by atomic mass is 10.3. The minimum absolute atomic E-state index is 0.0986. The Balaban J connectivity index is 2.45. The quantitative estimate of drug-likeness (QED) is 0.824. The second-order valence-corrected chi connectivity index (χ2v) is 3.47. The van der Waals surface area contributed by atoms with Crippen LogP contribution in [-0.4, -0.2) is 25.8 Å². The van der Waals surface area contributed by atoms with Crippen molar-refractivity contribution in [3.8, 4) is 0 Å². The van der Waals surface area contributed by atoms with Crippen molar-refractivity contribution in [1.82, 2.24) is 5.32 Å². The molecule has 1 aromatic carbocycles. The first-order valence-electron chi connectivity index (χ1n) is 4.94. The van der Waals surface area contributed by atoms with Gasteiger partial charge in [0.15, 0.2) is 0 Å². The number of carbonyl (C=O) groups excluding carboxylic acids is 1. The topological polar surface area (TPSA) is 50.4 Å². The van der Waals surface area contributed by atoms with Gasteiger partial charge < -0.3 is 15.4 Å². The van der Waals surface area contributed by atoms with Gasteiger partial charge in [-0.05, 0) is 25.1 Å². The van der Waals surface area contributed by atoms with Crippen molar-refractivity contribution in [3.05, 3.63) is 30.1 Å². The molecule has 1 unspecified atom stereocenters. The summed E-state index contributed by atoms with van der Waals surface area (Å²) in [6.07, 6.45) is 0. The highest BCUT2D eigenvalue weighted by Gasteiger charge is 2.06. The molecule has 1 rings (SSSR count). The summed E-state index contributed by atoms with van der Waals surface area (Å²) in [5.74, 6) is -0.386. The van der Waals surface area contributed by atoms with Crippen molar-refractivity contribution in [2.24, 2.45) is 0 Å². The Morgan fingerprint density at radius 2 is 2.31 bits per heavy atom. The fourth-order valence-corrected chi connectivity index (χ4v) is 1.25. The molecule has 0 aliphatic carbocycles. The average molecular weight is 226 g/mol. The number of hydrogen-bond donors (Lipinski definition) is 2. The standard InChI is InChI=1S/C11H15FN2O2/c1-8(7-16-2)13-11(15)14-10-5-3-4-9(12)6-10/h3-6,8H,7H2,1-2H3,(H2,13,14,15). The van der Waals surface area contributed by atoms with Gasteiger partial charge in [-0.1, -0.05) is 6.07 Å². The summed E-state index contributed by atoms with van der Waals surface area (Å²) < 4.78 is 17.7. The van der Waals surface area contributed by atoms with Crippen molar-refractivity contribution >= 4 is 11.7 Å². The summed E-state index contributed by atoms with van der Waals surface area (Å²) in [4.78, 5) is 11.4. The number of amides is 2. The molecule has 0 aliphatic heterocycles. The molecule has 16 heavy (non-hydrogen) atoms. The first-order chi connectivity index (χ1) is 7.61. The molecule has 0 radical (unpaired) electrons. The number of halogens is 1. The molecule has 1 aromatic rings. The van der Waals surface area contributed by atoms with Crippen LogP contribution in [-0.2, 0) is 4.74 Å². The molecule has 0 heterocycles. The maximum absolute atomic E-state index is 12.8. The SMILES string of the molecule is COCC(C)NC(=O)Nc1cccc(F)c1. The zero-order valence-corrected chi connectivity index (χ0v) is 9.29. The van der Waals surface area contributed by atoms with Crippen LogP contribution in [0.3, 0.4) is 0 Å². The van der Waals surface area contributed by atoms with Gasteiger partial charge in [0, 0.05) is 12.8 Å². The number of nitrogens with one attached hydrogen (secondary N) is 2. The van der Waals surface area contributed by atoms with Crippen molar-refractivity contribution in [2.45, 2.75) is 13.0 Å².